The molecule has 0 amide bonds. The molecule has 0 saturated carbocycles. The topological polar surface area (TPSA) is 110 Å². The summed E-state index contributed by atoms with van der Waals surface area (Å²) in [5, 5.41) is 20.0. The van der Waals surface area contributed by atoms with Crippen molar-refractivity contribution < 1.29 is 10.2 Å². The second kappa shape index (κ2) is 6.51. The van der Waals surface area contributed by atoms with Gasteiger partial charge in [0.25, 0.3) is 0 Å². The molecule has 0 aliphatic heterocycles. The molecule has 0 aromatic carbocycles. The predicted molar refractivity (Wildman–Crippen MR) is 95.4 cm³/mol. The van der Waals surface area contributed by atoms with E-state index < -0.39 is 5.60 Å². The molecule has 7 heteroatoms. The third-order valence-corrected chi connectivity index (χ3v) is 3.56. The minimum absolute atomic E-state index is 0.00932. The largest absolute Gasteiger partial charge is 0.395 e. The van der Waals surface area contributed by atoms with Crippen LogP contribution in [0, 0.1) is 11.8 Å². The molecule has 0 unspecified atom stereocenters. The lowest BCUT2D eigenvalue weighted by atomic mass is 10.1. The van der Waals surface area contributed by atoms with Crippen molar-refractivity contribution in [3.63, 3.8) is 0 Å². The molecule has 4 N–H and O–H groups in total. The van der Waals surface area contributed by atoms with E-state index >= 15 is 0 Å². The second-order valence-corrected chi connectivity index (χ2v) is 6.16. The quantitative estimate of drug-likeness (QED) is 0.619. The third-order valence-electron chi connectivity index (χ3n) is 3.56. The molecule has 0 bridgehead atoms. The SMILES string of the molecule is CC(C)(O)C#Cc1cc2c(-c3ccnc(N)n3)cn(CCO)c2cn1. The number of hydrogen-bond donors (Lipinski definition) is 3. The van der Waals surface area contributed by atoms with Crippen LogP contribution in [0.25, 0.3) is 22.2 Å². The van der Waals surface area contributed by atoms with Crippen molar-refractivity contribution in [2.24, 2.45) is 0 Å². The lowest BCUT2D eigenvalue weighted by Crippen LogP contribution is -2.14. The van der Waals surface area contributed by atoms with E-state index in [1.807, 2.05) is 16.8 Å². The van der Waals surface area contributed by atoms with E-state index in [1.165, 1.54) is 0 Å². The lowest BCUT2D eigenvalue weighted by Gasteiger charge is -2.06. The molecule has 3 heterocycles. The molecule has 0 saturated heterocycles. The van der Waals surface area contributed by atoms with Crippen molar-refractivity contribution in [2.45, 2.75) is 26.0 Å². The molecule has 0 aliphatic carbocycles. The van der Waals surface area contributed by atoms with Crippen LogP contribution in [0.15, 0.2) is 30.7 Å². The van der Waals surface area contributed by atoms with Crippen LogP contribution in [-0.4, -0.2) is 41.9 Å². The van der Waals surface area contributed by atoms with Crippen molar-refractivity contribution in [3.8, 4) is 23.1 Å². The van der Waals surface area contributed by atoms with Crippen molar-refractivity contribution >= 4 is 16.9 Å². The first-order chi connectivity index (χ1) is 11.9. The summed E-state index contributed by atoms with van der Waals surface area (Å²) in [6.45, 7) is 3.68. The number of aliphatic hydroxyl groups excluding tert-OH is 1. The molecule has 128 valence electrons. The van der Waals surface area contributed by atoms with Crippen LogP contribution in [0.3, 0.4) is 0 Å². The molecule has 0 aliphatic rings. The first kappa shape index (κ1) is 16.9. The van der Waals surface area contributed by atoms with E-state index in [4.69, 9.17) is 5.73 Å². The van der Waals surface area contributed by atoms with E-state index in [1.54, 1.807) is 32.3 Å². The Morgan fingerprint density at radius 1 is 1.32 bits per heavy atom. The summed E-state index contributed by atoms with van der Waals surface area (Å²) < 4.78 is 1.91. The number of nitrogen functional groups attached to an aromatic ring is 1. The van der Waals surface area contributed by atoms with Crippen LogP contribution in [-0.2, 0) is 6.54 Å². The zero-order valence-electron chi connectivity index (χ0n) is 14.1. The molecule has 3 aromatic heterocycles. The molecular formula is C18H19N5O2. The van der Waals surface area contributed by atoms with E-state index in [0.717, 1.165) is 16.5 Å². The van der Waals surface area contributed by atoms with Gasteiger partial charge in [0, 0.05) is 29.9 Å². The number of nitrogens with zero attached hydrogens (tertiary/aromatic N) is 4. The van der Waals surface area contributed by atoms with E-state index in [2.05, 4.69) is 26.8 Å². The molecule has 3 aromatic rings. The zero-order chi connectivity index (χ0) is 18.0. The number of nitrogens with two attached hydrogens (primary N) is 1. The van der Waals surface area contributed by atoms with Crippen molar-refractivity contribution in [3.05, 3.63) is 36.4 Å². The van der Waals surface area contributed by atoms with Gasteiger partial charge < -0.3 is 20.5 Å². The fourth-order valence-electron chi connectivity index (χ4n) is 2.49. The molecule has 0 spiro atoms. The summed E-state index contributed by atoms with van der Waals surface area (Å²) in [7, 11) is 0. The summed E-state index contributed by atoms with van der Waals surface area (Å²) in [5.41, 5.74) is 7.54. The summed E-state index contributed by atoms with van der Waals surface area (Å²) in [6.07, 6.45) is 5.20. The smallest absolute Gasteiger partial charge is 0.220 e. The van der Waals surface area contributed by atoms with Gasteiger partial charge in [-0.15, -0.1) is 0 Å². The van der Waals surface area contributed by atoms with Gasteiger partial charge in [-0.25, -0.2) is 15.0 Å². The molecular weight excluding hydrogens is 318 g/mol. The monoisotopic (exact) mass is 337 g/mol. The summed E-state index contributed by atoms with van der Waals surface area (Å²) >= 11 is 0. The Bertz CT molecular complexity index is 977. The highest BCUT2D eigenvalue weighted by Crippen LogP contribution is 2.29. The van der Waals surface area contributed by atoms with Crippen LogP contribution < -0.4 is 5.73 Å². The Balaban J connectivity index is 2.19. The molecule has 0 atom stereocenters. The maximum atomic E-state index is 9.77. The Hall–Kier alpha value is -2.95. The number of aliphatic hydroxyl groups is 2. The molecule has 0 radical (unpaired) electrons. The van der Waals surface area contributed by atoms with E-state index in [0.29, 0.717) is 17.9 Å². The van der Waals surface area contributed by atoms with Gasteiger partial charge in [-0.2, -0.15) is 0 Å². The van der Waals surface area contributed by atoms with Crippen LogP contribution in [0.1, 0.15) is 19.5 Å². The Morgan fingerprint density at radius 2 is 2.12 bits per heavy atom. The minimum atomic E-state index is -1.09. The average Bonchev–Trinajstić information content (AvgIpc) is 2.91. The molecule has 7 nitrogen and oxygen atoms in total. The standard InChI is InChI=1S/C18H19N5O2/c1-18(2,25)5-3-12-9-13-14(15-4-6-20-17(19)22-15)11-23(7-8-24)16(13)10-21-12/h4,6,9-11,24-25H,7-8H2,1-2H3,(H2,19,20,22). The van der Waals surface area contributed by atoms with Crippen molar-refractivity contribution in [1.82, 2.24) is 19.5 Å². The van der Waals surface area contributed by atoms with E-state index in [9.17, 15) is 10.2 Å². The zero-order valence-corrected chi connectivity index (χ0v) is 14.1. The van der Waals surface area contributed by atoms with Gasteiger partial charge in [0.15, 0.2) is 0 Å². The summed E-state index contributed by atoms with van der Waals surface area (Å²) in [6, 6.07) is 3.62. The fourth-order valence-corrected chi connectivity index (χ4v) is 2.49. The van der Waals surface area contributed by atoms with Gasteiger partial charge >= 0.3 is 0 Å². The normalized spacial score (nSPS) is 11.4. The Labute approximate surface area is 145 Å². The van der Waals surface area contributed by atoms with Crippen LogP contribution in [0.4, 0.5) is 5.95 Å². The first-order valence-electron chi connectivity index (χ1n) is 7.81. The van der Waals surface area contributed by atoms with Gasteiger partial charge in [0.2, 0.25) is 5.95 Å². The van der Waals surface area contributed by atoms with Crippen molar-refractivity contribution in [1.29, 1.82) is 0 Å². The van der Waals surface area contributed by atoms with Crippen LogP contribution in [0.5, 0.6) is 0 Å². The maximum absolute atomic E-state index is 9.77. The predicted octanol–water partition coefficient (Wildman–Crippen LogP) is 1.19. The van der Waals surface area contributed by atoms with Gasteiger partial charge in [-0.1, -0.05) is 5.92 Å². The fraction of sp³-hybridized carbons (Fsp3) is 0.278. The van der Waals surface area contributed by atoms with Crippen LogP contribution in [0.2, 0.25) is 0 Å². The van der Waals surface area contributed by atoms with Crippen molar-refractivity contribution in [2.75, 3.05) is 12.3 Å². The van der Waals surface area contributed by atoms with E-state index in [-0.39, 0.29) is 12.6 Å². The highest BCUT2D eigenvalue weighted by molar-refractivity contribution is 5.95. The third kappa shape index (κ3) is 3.76. The van der Waals surface area contributed by atoms with Crippen LogP contribution >= 0.6 is 0 Å². The van der Waals surface area contributed by atoms with Gasteiger partial charge in [0.05, 0.1) is 24.0 Å². The van der Waals surface area contributed by atoms with Gasteiger partial charge in [0.1, 0.15) is 11.3 Å². The number of aromatic nitrogens is 4. The molecule has 25 heavy (non-hydrogen) atoms. The van der Waals surface area contributed by atoms with Gasteiger partial charge in [-0.05, 0) is 31.9 Å². The molecule has 0 fully saturated rings. The minimum Gasteiger partial charge on any atom is -0.395 e. The second-order valence-electron chi connectivity index (χ2n) is 6.16. The number of anilines is 1. The summed E-state index contributed by atoms with van der Waals surface area (Å²) in [5.74, 6) is 5.83. The first-order valence-corrected chi connectivity index (χ1v) is 7.81. The maximum Gasteiger partial charge on any atom is 0.220 e. The summed E-state index contributed by atoms with van der Waals surface area (Å²) in [4.78, 5) is 12.5. The Kier molecular flexibility index (Phi) is 4.40. The highest BCUT2D eigenvalue weighted by Gasteiger charge is 2.13. The lowest BCUT2D eigenvalue weighted by molar-refractivity contribution is 0.143. The number of rotatable bonds is 3. The number of hydrogen-bond acceptors (Lipinski definition) is 6. The van der Waals surface area contributed by atoms with Gasteiger partial charge in [-0.3, -0.25) is 0 Å². The number of fused-ring (bicyclic) bond motifs is 1. The molecule has 3 rings (SSSR count). The number of pyridine rings is 1. The average molecular weight is 337 g/mol. The Morgan fingerprint density at radius 3 is 2.80 bits per heavy atom. The highest BCUT2D eigenvalue weighted by atomic mass is 16.3.